The van der Waals surface area contributed by atoms with Crippen LogP contribution >= 0.6 is 11.6 Å². The molecule has 11 nitrogen and oxygen atoms in total. The van der Waals surface area contributed by atoms with Crippen LogP contribution in [0.1, 0.15) is 5.56 Å². The molecule has 1 fully saturated rings. The summed E-state index contributed by atoms with van der Waals surface area (Å²) in [7, 11) is 0. The van der Waals surface area contributed by atoms with Gasteiger partial charge in [0.05, 0.1) is 21.3 Å². The van der Waals surface area contributed by atoms with Crippen LogP contribution in [0.15, 0.2) is 78.4 Å². The molecular weight excluding hydrogens is 504 g/mol. The second-order valence-electron chi connectivity index (χ2n) is 7.62. The molecule has 37 heavy (non-hydrogen) atoms. The van der Waals surface area contributed by atoms with Gasteiger partial charge < -0.3 is 10.1 Å². The standard InChI is InChI=1S/C25H17ClN4O7/c26-20-9-1-2-10-21(20)27-22(31)14-37-18-8-3-5-15(11-18)12-19-23(32)28-25(34)29(24(19)33)16-6-4-7-17(13-16)30(35)36/h1-13H,14H2,(H,27,31)(H,28,32,34)/b19-12-. The number of carbonyl (C=O) groups is 4. The van der Waals surface area contributed by atoms with Crippen molar-refractivity contribution >= 4 is 58.5 Å². The van der Waals surface area contributed by atoms with Crippen molar-refractivity contribution in [3.63, 3.8) is 0 Å². The Hall–Kier alpha value is -5.03. The number of carbonyl (C=O) groups excluding carboxylic acids is 4. The van der Waals surface area contributed by atoms with Gasteiger partial charge in [0.1, 0.15) is 11.3 Å². The number of ether oxygens (including phenoxy) is 1. The maximum absolute atomic E-state index is 13.0. The lowest BCUT2D eigenvalue weighted by molar-refractivity contribution is -0.384. The van der Waals surface area contributed by atoms with E-state index in [-0.39, 0.29) is 29.3 Å². The van der Waals surface area contributed by atoms with Gasteiger partial charge in [-0.15, -0.1) is 0 Å². The van der Waals surface area contributed by atoms with Crippen molar-refractivity contribution in [1.82, 2.24) is 5.32 Å². The summed E-state index contributed by atoms with van der Waals surface area (Å²) < 4.78 is 5.51. The first kappa shape index (κ1) is 25.1. The molecule has 4 rings (SSSR count). The number of nitrogens with one attached hydrogen (secondary N) is 2. The molecule has 0 unspecified atom stereocenters. The minimum atomic E-state index is -1.03. The largest absolute Gasteiger partial charge is 0.484 e. The fourth-order valence-electron chi connectivity index (χ4n) is 3.40. The lowest BCUT2D eigenvalue weighted by atomic mass is 10.1. The first-order valence-electron chi connectivity index (χ1n) is 10.7. The second kappa shape index (κ2) is 10.7. The number of imide groups is 2. The average Bonchev–Trinajstić information content (AvgIpc) is 2.87. The van der Waals surface area contributed by atoms with Crippen LogP contribution in [0.5, 0.6) is 5.75 Å². The molecule has 0 bridgehead atoms. The van der Waals surface area contributed by atoms with Crippen molar-refractivity contribution in [2.24, 2.45) is 0 Å². The number of nitro groups is 1. The summed E-state index contributed by atoms with van der Waals surface area (Å²) in [6.45, 7) is -0.334. The highest BCUT2D eigenvalue weighted by Crippen LogP contribution is 2.26. The van der Waals surface area contributed by atoms with E-state index in [1.165, 1.54) is 30.3 Å². The Morgan fingerprint density at radius 3 is 2.57 bits per heavy atom. The van der Waals surface area contributed by atoms with Crippen molar-refractivity contribution in [3.8, 4) is 5.75 Å². The average molecular weight is 521 g/mol. The number of urea groups is 1. The smallest absolute Gasteiger partial charge is 0.335 e. The molecule has 0 aliphatic carbocycles. The molecule has 1 saturated heterocycles. The molecule has 1 heterocycles. The molecule has 2 N–H and O–H groups in total. The number of nitro benzene ring substituents is 1. The van der Waals surface area contributed by atoms with Gasteiger partial charge in [0.25, 0.3) is 23.4 Å². The van der Waals surface area contributed by atoms with Crippen molar-refractivity contribution < 1.29 is 28.8 Å². The number of hydrogen-bond acceptors (Lipinski definition) is 7. The number of para-hydroxylation sites is 1. The van der Waals surface area contributed by atoms with Gasteiger partial charge in [-0.2, -0.15) is 0 Å². The lowest BCUT2D eigenvalue weighted by Gasteiger charge is -2.26. The van der Waals surface area contributed by atoms with Gasteiger partial charge in [0.15, 0.2) is 6.61 Å². The van der Waals surface area contributed by atoms with Gasteiger partial charge in [-0.1, -0.05) is 41.9 Å². The SMILES string of the molecule is O=C(COc1cccc(/C=C2/C(=O)NC(=O)N(c3cccc([N+](=O)[O-])c3)C2=O)c1)Nc1ccccc1Cl. The molecule has 0 radical (unpaired) electrons. The monoisotopic (exact) mass is 520 g/mol. The molecule has 3 aromatic carbocycles. The molecule has 186 valence electrons. The maximum Gasteiger partial charge on any atom is 0.335 e. The van der Waals surface area contributed by atoms with Gasteiger partial charge in [-0.25, -0.2) is 9.69 Å². The number of anilines is 2. The van der Waals surface area contributed by atoms with Gasteiger partial charge in [0, 0.05) is 12.1 Å². The van der Waals surface area contributed by atoms with Crippen LogP contribution in [-0.2, 0) is 14.4 Å². The van der Waals surface area contributed by atoms with E-state index in [0.29, 0.717) is 21.2 Å². The number of rotatable bonds is 7. The second-order valence-corrected chi connectivity index (χ2v) is 8.03. The number of hydrogen-bond donors (Lipinski definition) is 2. The van der Waals surface area contributed by atoms with Crippen molar-refractivity contribution in [2.45, 2.75) is 0 Å². The molecule has 0 aromatic heterocycles. The molecule has 5 amide bonds. The zero-order chi connectivity index (χ0) is 26.5. The molecule has 0 atom stereocenters. The first-order valence-corrected chi connectivity index (χ1v) is 11.0. The maximum atomic E-state index is 13.0. The highest BCUT2D eigenvalue weighted by molar-refractivity contribution is 6.39. The number of amides is 5. The summed E-state index contributed by atoms with van der Waals surface area (Å²) in [6, 6.07) is 16.8. The summed E-state index contributed by atoms with van der Waals surface area (Å²) >= 11 is 6.03. The van der Waals surface area contributed by atoms with E-state index < -0.39 is 28.7 Å². The summed E-state index contributed by atoms with van der Waals surface area (Å²) in [5.74, 6) is -2.06. The normalized spacial score (nSPS) is 14.4. The zero-order valence-corrected chi connectivity index (χ0v) is 19.6. The quantitative estimate of drug-likeness (QED) is 0.207. The molecule has 1 aliphatic heterocycles. The van der Waals surface area contributed by atoms with Crippen LogP contribution in [0.2, 0.25) is 5.02 Å². The molecule has 1 aliphatic rings. The fourth-order valence-corrected chi connectivity index (χ4v) is 3.58. The van der Waals surface area contributed by atoms with Crippen LogP contribution in [0.3, 0.4) is 0 Å². The van der Waals surface area contributed by atoms with Gasteiger partial charge >= 0.3 is 6.03 Å². The Balaban J connectivity index is 1.51. The minimum absolute atomic E-state index is 0.0725. The van der Waals surface area contributed by atoms with Gasteiger partial charge in [-0.05, 0) is 42.0 Å². The summed E-state index contributed by atoms with van der Waals surface area (Å²) in [5, 5.41) is 16.1. The van der Waals surface area contributed by atoms with Crippen LogP contribution in [0, 0.1) is 10.1 Å². The number of nitrogens with zero attached hydrogens (tertiary/aromatic N) is 2. The minimum Gasteiger partial charge on any atom is -0.484 e. The Kier molecular flexibility index (Phi) is 7.26. The predicted molar refractivity (Wildman–Crippen MR) is 134 cm³/mol. The first-order chi connectivity index (χ1) is 17.7. The number of non-ortho nitro benzene ring substituents is 1. The molecule has 3 aromatic rings. The Bertz CT molecular complexity index is 1470. The van der Waals surface area contributed by atoms with Crippen LogP contribution in [-0.4, -0.2) is 35.3 Å². The number of halogens is 1. The third-order valence-electron chi connectivity index (χ3n) is 5.09. The molecule has 0 spiro atoms. The van der Waals surface area contributed by atoms with E-state index in [0.717, 1.165) is 6.07 Å². The van der Waals surface area contributed by atoms with E-state index in [9.17, 15) is 29.3 Å². The van der Waals surface area contributed by atoms with Crippen molar-refractivity contribution in [1.29, 1.82) is 0 Å². The topological polar surface area (TPSA) is 148 Å². The third kappa shape index (κ3) is 5.80. The molecule has 0 saturated carbocycles. The van der Waals surface area contributed by atoms with E-state index in [4.69, 9.17) is 16.3 Å². The van der Waals surface area contributed by atoms with E-state index in [1.807, 2.05) is 0 Å². The third-order valence-corrected chi connectivity index (χ3v) is 5.42. The Morgan fingerprint density at radius 1 is 1.05 bits per heavy atom. The van der Waals surface area contributed by atoms with Crippen LogP contribution < -0.4 is 20.3 Å². The fraction of sp³-hybridized carbons (Fsp3) is 0.0400. The summed E-state index contributed by atoms with van der Waals surface area (Å²) in [5.41, 5.74) is 0.0252. The predicted octanol–water partition coefficient (Wildman–Crippen LogP) is 3.93. The van der Waals surface area contributed by atoms with Gasteiger partial charge in [0.2, 0.25) is 0 Å². The molecular formula is C25H17ClN4O7. The van der Waals surface area contributed by atoms with Gasteiger partial charge in [-0.3, -0.25) is 29.8 Å². The van der Waals surface area contributed by atoms with E-state index >= 15 is 0 Å². The van der Waals surface area contributed by atoms with Crippen molar-refractivity contribution in [3.05, 3.63) is 99.1 Å². The highest BCUT2D eigenvalue weighted by atomic mass is 35.5. The summed E-state index contributed by atoms with van der Waals surface area (Å²) in [4.78, 5) is 61.1. The Labute approximate surface area is 214 Å². The highest BCUT2D eigenvalue weighted by Gasteiger charge is 2.37. The zero-order valence-electron chi connectivity index (χ0n) is 18.8. The summed E-state index contributed by atoms with van der Waals surface area (Å²) in [6.07, 6.45) is 1.24. The molecule has 12 heteroatoms. The number of barbiturate groups is 1. The van der Waals surface area contributed by atoms with Crippen LogP contribution in [0.25, 0.3) is 6.08 Å². The Morgan fingerprint density at radius 2 is 1.81 bits per heavy atom. The van der Waals surface area contributed by atoms with Crippen LogP contribution in [0.4, 0.5) is 21.9 Å². The van der Waals surface area contributed by atoms with E-state index in [2.05, 4.69) is 10.6 Å². The van der Waals surface area contributed by atoms with Crippen molar-refractivity contribution in [2.75, 3.05) is 16.8 Å². The van der Waals surface area contributed by atoms with E-state index in [1.54, 1.807) is 42.5 Å². The number of benzene rings is 3. The lowest BCUT2D eigenvalue weighted by Crippen LogP contribution is -2.54.